The van der Waals surface area contributed by atoms with Crippen LogP contribution in [0.1, 0.15) is 12.8 Å². The molecule has 1 N–H and O–H groups in total. The van der Waals surface area contributed by atoms with Crippen LogP contribution in [0.15, 0.2) is 30.3 Å². The predicted octanol–water partition coefficient (Wildman–Crippen LogP) is 1.77. The Morgan fingerprint density at radius 1 is 1.15 bits per heavy atom. The van der Waals surface area contributed by atoms with Crippen molar-refractivity contribution in [3.8, 4) is 5.75 Å². The molecular formula is C11H13NO. The summed E-state index contributed by atoms with van der Waals surface area (Å²) in [5.41, 5.74) is 0. The Balaban J connectivity index is 1.59. The van der Waals surface area contributed by atoms with Crippen LogP contribution in [0.3, 0.4) is 0 Å². The van der Waals surface area contributed by atoms with E-state index in [4.69, 9.17) is 4.74 Å². The van der Waals surface area contributed by atoms with Crippen molar-refractivity contribution in [2.75, 3.05) is 0 Å². The van der Waals surface area contributed by atoms with Crippen molar-refractivity contribution >= 4 is 0 Å². The van der Waals surface area contributed by atoms with Gasteiger partial charge in [-0.25, -0.2) is 0 Å². The molecule has 68 valence electrons. The molecule has 1 aliphatic heterocycles. The number of nitrogens with one attached hydrogen (secondary N) is 1. The van der Waals surface area contributed by atoms with E-state index in [0.29, 0.717) is 6.04 Å². The van der Waals surface area contributed by atoms with Gasteiger partial charge in [0, 0.05) is 0 Å². The van der Waals surface area contributed by atoms with E-state index in [9.17, 15) is 0 Å². The fraction of sp³-hybridized carbons (Fsp3) is 0.455. The maximum absolute atomic E-state index is 5.73. The van der Waals surface area contributed by atoms with Gasteiger partial charge in [-0.3, -0.25) is 5.32 Å². The number of benzene rings is 1. The summed E-state index contributed by atoms with van der Waals surface area (Å²) >= 11 is 0. The quantitative estimate of drug-likeness (QED) is 0.710. The zero-order valence-corrected chi connectivity index (χ0v) is 7.44. The molecule has 1 heterocycles. The van der Waals surface area contributed by atoms with Gasteiger partial charge in [0.1, 0.15) is 5.75 Å². The molecule has 3 rings (SSSR count). The van der Waals surface area contributed by atoms with Gasteiger partial charge in [-0.15, -0.1) is 0 Å². The zero-order valence-electron chi connectivity index (χ0n) is 7.44. The normalized spacial score (nSPS) is 31.4. The molecule has 0 bridgehead atoms. The standard InChI is InChI=1S/C11H13NO/c1-2-4-9(5-3-1)13-11-10(12-11)8-6-7-8/h1-5,8,10-12H,6-7H2. The molecule has 2 heteroatoms. The molecule has 0 radical (unpaired) electrons. The van der Waals surface area contributed by atoms with Crippen molar-refractivity contribution in [1.82, 2.24) is 5.32 Å². The summed E-state index contributed by atoms with van der Waals surface area (Å²) in [4.78, 5) is 0. The van der Waals surface area contributed by atoms with Crippen molar-refractivity contribution in [1.29, 1.82) is 0 Å². The van der Waals surface area contributed by atoms with Crippen LogP contribution in [0.25, 0.3) is 0 Å². The fourth-order valence-corrected chi connectivity index (χ4v) is 1.73. The molecular weight excluding hydrogens is 162 g/mol. The lowest BCUT2D eigenvalue weighted by atomic mass is 10.3. The molecule has 13 heavy (non-hydrogen) atoms. The van der Waals surface area contributed by atoms with E-state index < -0.39 is 0 Å². The highest BCUT2D eigenvalue weighted by molar-refractivity contribution is 5.22. The van der Waals surface area contributed by atoms with Crippen LogP contribution in [0, 0.1) is 5.92 Å². The van der Waals surface area contributed by atoms with Crippen LogP contribution in [0.4, 0.5) is 0 Å². The average Bonchev–Trinajstić information content (AvgIpc) is 2.99. The molecule has 2 nitrogen and oxygen atoms in total. The SMILES string of the molecule is c1ccc(OC2NC2C2CC2)cc1. The number of hydrogen-bond donors (Lipinski definition) is 1. The summed E-state index contributed by atoms with van der Waals surface area (Å²) in [6.07, 6.45) is 3.05. The zero-order chi connectivity index (χ0) is 8.67. The second-order valence-electron chi connectivity index (χ2n) is 3.88. The molecule has 1 aromatic rings. The Hall–Kier alpha value is -1.02. The second kappa shape index (κ2) is 2.74. The van der Waals surface area contributed by atoms with Gasteiger partial charge < -0.3 is 4.74 Å². The van der Waals surface area contributed by atoms with E-state index >= 15 is 0 Å². The molecule has 1 aliphatic carbocycles. The summed E-state index contributed by atoms with van der Waals surface area (Å²) in [5, 5.41) is 3.36. The first kappa shape index (κ1) is 7.39. The van der Waals surface area contributed by atoms with Crippen molar-refractivity contribution in [3.05, 3.63) is 30.3 Å². The van der Waals surface area contributed by atoms with E-state index in [1.54, 1.807) is 0 Å². The van der Waals surface area contributed by atoms with E-state index in [2.05, 4.69) is 5.32 Å². The van der Waals surface area contributed by atoms with Gasteiger partial charge in [0.05, 0.1) is 6.04 Å². The van der Waals surface area contributed by atoms with Gasteiger partial charge >= 0.3 is 0 Å². The number of hydrogen-bond acceptors (Lipinski definition) is 2. The monoisotopic (exact) mass is 175 g/mol. The highest BCUT2D eigenvalue weighted by Gasteiger charge is 2.48. The molecule has 0 spiro atoms. The number of rotatable bonds is 3. The number of para-hydroxylation sites is 1. The Bertz CT molecular complexity index is 294. The van der Waals surface area contributed by atoms with Crippen LogP contribution in [-0.2, 0) is 0 Å². The van der Waals surface area contributed by atoms with Crippen LogP contribution in [-0.4, -0.2) is 12.3 Å². The number of ether oxygens (including phenoxy) is 1. The smallest absolute Gasteiger partial charge is 0.166 e. The van der Waals surface area contributed by atoms with Gasteiger partial charge in [0.25, 0.3) is 0 Å². The average molecular weight is 175 g/mol. The van der Waals surface area contributed by atoms with Crippen LogP contribution in [0.5, 0.6) is 5.75 Å². The maximum atomic E-state index is 5.73. The van der Waals surface area contributed by atoms with Crippen molar-refractivity contribution in [2.45, 2.75) is 25.1 Å². The fourth-order valence-electron chi connectivity index (χ4n) is 1.73. The van der Waals surface area contributed by atoms with Gasteiger partial charge in [-0.2, -0.15) is 0 Å². The largest absolute Gasteiger partial charge is 0.474 e. The second-order valence-corrected chi connectivity index (χ2v) is 3.88. The first-order chi connectivity index (χ1) is 6.43. The van der Waals surface area contributed by atoms with E-state index in [1.165, 1.54) is 12.8 Å². The first-order valence-electron chi connectivity index (χ1n) is 4.91. The van der Waals surface area contributed by atoms with Crippen LogP contribution < -0.4 is 10.1 Å². The minimum atomic E-state index is 0.287. The van der Waals surface area contributed by atoms with Gasteiger partial charge in [-0.05, 0) is 30.9 Å². The lowest BCUT2D eigenvalue weighted by Gasteiger charge is -2.02. The minimum Gasteiger partial charge on any atom is -0.474 e. The molecule has 1 saturated carbocycles. The molecule has 1 aromatic carbocycles. The van der Waals surface area contributed by atoms with E-state index in [0.717, 1.165) is 11.7 Å². The highest BCUT2D eigenvalue weighted by Crippen LogP contribution is 2.39. The summed E-state index contributed by atoms with van der Waals surface area (Å²) in [5.74, 6) is 1.87. The third kappa shape index (κ3) is 1.54. The van der Waals surface area contributed by atoms with Gasteiger partial charge in [0.15, 0.2) is 6.23 Å². The highest BCUT2D eigenvalue weighted by atomic mass is 16.5. The summed E-state index contributed by atoms with van der Waals surface area (Å²) in [7, 11) is 0. The van der Waals surface area contributed by atoms with Crippen molar-refractivity contribution in [2.24, 2.45) is 5.92 Å². The predicted molar refractivity (Wildman–Crippen MR) is 50.5 cm³/mol. The van der Waals surface area contributed by atoms with Crippen molar-refractivity contribution < 1.29 is 4.74 Å². The molecule has 0 amide bonds. The van der Waals surface area contributed by atoms with Crippen LogP contribution in [0.2, 0.25) is 0 Å². The molecule has 2 atom stereocenters. The third-order valence-electron chi connectivity index (χ3n) is 2.71. The van der Waals surface area contributed by atoms with E-state index in [1.807, 2.05) is 30.3 Å². The lowest BCUT2D eigenvalue weighted by Crippen LogP contribution is -2.04. The van der Waals surface area contributed by atoms with Crippen LogP contribution >= 0.6 is 0 Å². The summed E-state index contributed by atoms with van der Waals surface area (Å²) < 4.78 is 5.73. The van der Waals surface area contributed by atoms with Gasteiger partial charge in [-0.1, -0.05) is 18.2 Å². The molecule has 2 fully saturated rings. The third-order valence-corrected chi connectivity index (χ3v) is 2.71. The first-order valence-corrected chi connectivity index (χ1v) is 4.91. The Morgan fingerprint density at radius 3 is 2.62 bits per heavy atom. The maximum Gasteiger partial charge on any atom is 0.166 e. The minimum absolute atomic E-state index is 0.287. The molecule has 0 aromatic heterocycles. The van der Waals surface area contributed by atoms with Gasteiger partial charge in [0.2, 0.25) is 0 Å². The molecule has 2 unspecified atom stereocenters. The summed E-state index contributed by atoms with van der Waals surface area (Å²) in [6.45, 7) is 0. The molecule has 2 aliphatic rings. The Kier molecular flexibility index (Phi) is 1.56. The Labute approximate surface area is 77.9 Å². The van der Waals surface area contributed by atoms with Crippen molar-refractivity contribution in [3.63, 3.8) is 0 Å². The van der Waals surface area contributed by atoms with E-state index in [-0.39, 0.29) is 6.23 Å². The lowest BCUT2D eigenvalue weighted by molar-refractivity contribution is 0.285. The topological polar surface area (TPSA) is 31.2 Å². The summed E-state index contributed by atoms with van der Waals surface area (Å²) in [6, 6.07) is 10.7. The Morgan fingerprint density at radius 2 is 1.92 bits per heavy atom. The molecule has 1 saturated heterocycles.